The number of amides is 3. The van der Waals surface area contributed by atoms with E-state index in [4.69, 9.17) is 0 Å². The van der Waals surface area contributed by atoms with E-state index in [0.29, 0.717) is 16.9 Å². The Kier molecular flexibility index (Phi) is 7.92. The van der Waals surface area contributed by atoms with Crippen LogP contribution in [0.4, 0.5) is 15.8 Å². The molecule has 4 rings (SSSR count). The summed E-state index contributed by atoms with van der Waals surface area (Å²) in [5, 5.41) is 7.73. The van der Waals surface area contributed by atoms with E-state index < -0.39 is 11.9 Å². The molecule has 0 aliphatic heterocycles. The van der Waals surface area contributed by atoms with Crippen molar-refractivity contribution in [3.05, 3.63) is 82.3 Å². The first kappa shape index (κ1) is 24.6. The molecule has 0 spiro atoms. The van der Waals surface area contributed by atoms with E-state index in [9.17, 15) is 18.8 Å². The van der Waals surface area contributed by atoms with Gasteiger partial charge in [0.15, 0.2) is 0 Å². The molecule has 1 heterocycles. The number of thiophene rings is 1. The molecule has 3 aromatic rings. The summed E-state index contributed by atoms with van der Waals surface area (Å²) in [5.41, 5.74) is 1.62. The number of rotatable bonds is 8. The largest absolute Gasteiger partial charge is 0.351 e. The summed E-state index contributed by atoms with van der Waals surface area (Å²) in [7, 11) is 0. The number of nitrogens with one attached hydrogen (secondary N) is 2. The molecule has 3 amide bonds. The summed E-state index contributed by atoms with van der Waals surface area (Å²) in [6.07, 6.45) is 4.03. The summed E-state index contributed by atoms with van der Waals surface area (Å²) in [6.45, 7) is 1.42. The quantitative estimate of drug-likeness (QED) is 0.452. The highest BCUT2D eigenvalue weighted by molar-refractivity contribution is 7.10. The smallest absolute Gasteiger partial charge is 0.248 e. The first-order chi connectivity index (χ1) is 16.9. The number of hydrogen-bond acceptors (Lipinski definition) is 4. The number of hydrogen-bond donors (Lipinski definition) is 2. The van der Waals surface area contributed by atoms with Gasteiger partial charge in [0.25, 0.3) is 0 Å². The highest BCUT2D eigenvalue weighted by Gasteiger charge is 2.34. The zero-order chi connectivity index (χ0) is 24.8. The van der Waals surface area contributed by atoms with Crippen molar-refractivity contribution >= 4 is 40.4 Å². The van der Waals surface area contributed by atoms with Gasteiger partial charge in [-0.15, -0.1) is 11.3 Å². The van der Waals surface area contributed by atoms with Gasteiger partial charge in [-0.1, -0.05) is 31.0 Å². The highest BCUT2D eigenvalue weighted by Crippen LogP contribution is 2.31. The van der Waals surface area contributed by atoms with Crippen molar-refractivity contribution in [2.75, 3.05) is 10.2 Å². The second-order valence-electron chi connectivity index (χ2n) is 8.69. The summed E-state index contributed by atoms with van der Waals surface area (Å²) in [5.74, 6) is -1.17. The van der Waals surface area contributed by atoms with E-state index in [1.807, 2.05) is 17.5 Å². The van der Waals surface area contributed by atoms with E-state index in [-0.39, 0.29) is 30.2 Å². The van der Waals surface area contributed by atoms with Crippen molar-refractivity contribution in [3.63, 3.8) is 0 Å². The summed E-state index contributed by atoms with van der Waals surface area (Å²) in [4.78, 5) is 41.2. The molecule has 0 radical (unpaired) electrons. The lowest BCUT2D eigenvalue weighted by Gasteiger charge is -2.32. The maximum atomic E-state index is 13.7. The molecule has 1 saturated carbocycles. The van der Waals surface area contributed by atoms with Crippen molar-refractivity contribution in [1.29, 1.82) is 0 Å². The van der Waals surface area contributed by atoms with E-state index in [0.717, 1.165) is 30.6 Å². The van der Waals surface area contributed by atoms with Crippen LogP contribution in [-0.2, 0) is 20.8 Å². The Balaban J connectivity index is 1.74. The lowest BCUT2D eigenvalue weighted by atomic mass is 10.0. The third-order valence-electron chi connectivity index (χ3n) is 6.03. The molecule has 1 aromatic heterocycles. The zero-order valence-corrected chi connectivity index (χ0v) is 20.3. The average Bonchev–Trinajstić information content (AvgIpc) is 3.53. The summed E-state index contributed by atoms with van der Waals surface area (Å²) >= 11 is 1.47. The maximum absolute atomic E-state index is 13.7. The molecule has 1 atom stereocenters. The van der Waals surface area contributed by atoms with Gasteiger partial charge in [-0.3, -0.25) is 19.3 Å². The minimum absolute atomic E-state index is 0.0573. The van der Waals surface area contributed by atoms with Crippen LogP contribution in [0.15, 0.2) is 66.0 Å². The molecule has 35 heavy (non-hydrogen) atoms. The molecule has 8 heteroatoms. The SMILES string of the molecule is CC(=O)Nc1ccc(N(C(=O)Cc2cccs2)[C@@H](C(=O)NC2CCCC2)c2ccc(F)cc2)cc1. The Bertz CT molecular complexity index is 1160. The van der Waals surface area contributed by atoms with Crippen LogP contribution in [0.3, 0.4) is 0 Å². The first-order valence-corrected chi connectivity index (χ1v) is 12.6. The Morgan fingerprint density at radius 1 is 1.03 bits per heavy atom. The fraction of sp³-hybridized carbons (Fsp3) is 0.296. The molecule has 6 nitrogen and oxygen atoms in total. The topological polar surface area (TPSA) is 78.5 Å². The summed E-state index contributed by atoms with van der Waals surface area (Å²) < 4.78 is 13.7. The Hall–Kier alpha value is -3.52. The molecule has 2 N–H and O–H groups in total. The van der Waals surface area contributed by atoms with Gasteiger partial charge < -0.3 is 10.6 Å². The third-order valence-corrected chi connectivity index (χ3v) is 6.91. The molecular formula is C27H28FN3O3S. The van der Waals surface area contributed by atoms with Crippen molar-refractivity contribution in [1.82, 2.24) is 5.32 Å². The van der Waals surface area contributed by atoms with Crippen LogP contribution >= 0.6 is 11.3 Å². The van der Waals surface area contributed by atoms with Crippen molar-refractivity contribution in [2.24, 2.45) is 0 Å². The maximum Gasteiger partial charge on any atom is 0.248 e. The molecule has 1 aliphatic rings. The fourth-order valence-corrected chi connectivity index (χ4v) is 5.10. The van der Waals surface area contributed by atoms with Gasteiger partial charge in [0.2, 0.25) is 17.7 Å². The normalized spacial score (nSPS) is 14.3. The van der Waals surface area contributed by atoms with Crippen LogP contribution in [0.1, 0.15) is 49.1 Å². The van der Waals surface area contributed by atoms with E-state index >= 15 is 0 Å². The highest BCUT2D eigenvalue weighted by atomic mass is 32.1. The van der Waals surface area contributed by atoms with E-state index in [1.54, 1.807) is 36.4 Å². The number of carbonyl (C=O) groups excluding carboxylic acids is 3. The van der Waals surface area contributed by atoms with Crippen LogP contribution in [0.25, 0.3) is 0 Å². The van der Waals surface area contributed by atoms with Crippen LogP contribution in [0, 0.1) is 5.82 Å². The number of benzene rings is 2. The zero-order valence-electron chi connectivity index (χ0n) is 19.5. The molecule has 0 saturated heterocycles. The molecule has 1 aliphatic carbocycles. The molecule has 182 valence electrons. The second-order valence-corrected chi connectivity index (χ2v) is 9.72. The van der Waals surface area contributed by atoms with Gasteiger partial charge in [-0.25, -0.2) is 4.39 Å². The van der Waals surface area contributed by atoms with Gasteiger partial charge in [-0.2, -0.15) is 0 Å². The Morgan fingerprint density at radius 2 is 1.71 bits per heavy atom. The van der Waals surface area contributed by atoms with Crippen molar-refractivity contribution in [3.8, 4) is 0 Å². The standard InChI is InChI=1S/C27H28FN3O3S/c1-18(32)29-22-12-14-23(15-13-22)31(25(33)17-24-7-4-16-35-24)26(19-8-10-20(28)11-9-19)27(34)30-21-5-2-3-6-21/h4,7-16,21,26H,2-3,5-6,17H2,1H3,(H,29,32)(H,30,34)/t26-/m1/s1. The molecule has 2 aromatic carbocycles. The second kappa shape index (κ2) is 11.3. The first-order valence-electron chi connectivity index (χ1n) is 11.7. The minimum Gasteiger partial charge on any atom is -0.351 e. The van der Waals surface area contributed by atoms with Crippen LogP contribution in [-0.4, -0.2) is 23.8 Å². The average molecular weight is 494 g/mol. The minimum atomic E-state index is -0.977. The van der Waals surface area contributed by atoms with Gasteiger partial charge in [0.1, 0.15) is 11.9 Å². The van der Waals surface area contributed by atoms with Crippen molar-refractivity contribution < 1.29 is 18.8 Å². The Morgan fingerprint density at radius 3 is 2.31 bits per heavy atom. The molecular weight excluding hydrogens is 465 g/mol. The fourth-order valence-electron chi connectivity index (χ4n) is 4.41. The lowest BCUT2D eigenvalue weighted by molar-refractivity contribution is -0.127. The van der Waals surface area contributed by atoms with Gasteiger partial charge in [-0.05, 0) is 66.2 Å². The third kappa shape index (κ3) is 6.33. The predicted molar refractivity (Wildman–Crippen MR) is 136 cm³/mol. The van der Waals surface area contributed by atoms with Crippen LogP contribution in [0.2, 0.25) is 0 Å². The summed E-state index contributed by atoms with van der Waals surface area (Å²) in [6, 6.07) is 15.3. The number of anilines is 2. The number of nitrogens with zero attached hydrogens (tertiary/aromatic N) is 1. The van der Waals surface area contributed by atoms with Gasteiger partial charge in [0.05, 0.1) is 6.42 Å². The van der Waals surface area contributed by atoms with Crippen molar-refractivity contribution in [2.45, 2.75) is 51.1 Å². The number of halogens is 1. The van der Waals surface area contributed by atoms with E-state index in [2.05, 4.69) is 10.6 Å². The molecule has 1 fully saturated rings. The Labute approximate surface area is 208 Å². The monoisotopic (exact) mass is 493 g/mol. The van der Waals surface area contributed by atoms with Crippen LogP contribution in [0.5, 0.6) is 0 Å². The van der Waals surface area contributed by atoms with Gasteiger partial charge >= 0.3 is 0 Å². The lowest BCUT2D eigenvalue weighted by Crippen LogP contribution is -2.46. The predicted octanol–water partition coefficient (Wildman–Crippen LogP) is 5.22. The van der Waals surface area contributed by atoms with Gasteiger partial charge in [0, 0.05) is 29.2 Å². The van der Waals surface area contributed by atoms with E-state index in [1.165, 1.54) is 35.3 Å². The number of carbonyl (C=O) groups is 3. The van der Waals surface area contributed by atoms with Crippen LogP contribution < -0.4 is 15.5 Å². The molecule has 0 unspecified atom stereocenters. The molecule has 0 bridgehead atoms.